The fourth-order valence-corrected chi connectivity index (χ4v) is 4.63. The van der Waals surface area contributed by atoms with Crippen molar-refractivity contribution in [2.45, 2.75) is 44.1 Å². The van der Waals surface area contributed by atoms with Gasteiger partial charge in [-0.25, -0.2) is 4.79 Å². The number of hydrogen-bond acceptors (Lipinski definition) is 6. The molecule has 3 atom stereocenters. The van der Waals surface area contributed by atoms with Gasteiger partial charge in [-0.15, -0.1) is 13.2 Å². The van der Waals surface area contributed by atoms with Gasteiger partial charge in [-0.1, -0.05) is 54.6 Å². The van der Waals surface area contributed by atoms with E-state index in [0.717, 1.165) is 16.0 Å². The van der Waals surface area contributed by atoms with Crippen molar-refractivity contribution in [1.29, 1.82) is 0 Å². The largest absolute Gasteiger partial charge is 0.573 e. The number of carboxylic acid groups (broad SMARTS) is 1. The predicted molar refractivity (Wildman–Crippen MR) is 143 cm³/mol. The van der Waals surface area contributed by atoms with Gasteiger partial charge in [0.05, 0.1) is 51.7 Å². The molecule has 0 saturated carbocycles. The van der Waals surface area contributed by atoms with Crippen molar-refractivity contribution in [3.63, 3.8) is 0 Å². The Hall–Kier alpha value is -3.80. The number of aliphatic hydroxyl groups is 1. The van der Waals surface area contributed by atoms with Crippen molar-refractivity contribution < 1.29 is 47.1 Å². The number of hydrogen-bond donors (Lipinski definition) is 2. The molecule has 1 heterocycles. The minimum absolute atomic E-state index is 0.00117. The fourth-order valence-electron chi connectivity index (χ4n) is 4.63. The summed E-state index contributed by atoms with van der Waals surface area (Å²) in [6, 6.07) is 22.3. The summed E-state index contributed by atoms with van der Waals surface area (Å²) >= 11 is 0. The number of likely N-dealkylation sites (tertiary alicyclic amines) is 1. The zero-order valence-corrected chi connectivity index (χ0v) is 22.2. The molecule has 1 aliphatic heterocycles. The summed E-state index contributed by atoms with van der Waals surface area (Å²) in [6.45, 7) is 1.50. The lowest BCUT2D eigenvalue weighted by molar-refractivity contribution is -0.274. The van der Waals surface area contributed by atoms with Crippen molar-refractivity contribution >= 4 is 6.09 Å². The van der Waals surface area contributed by atoms with E-state index < -0.39 is 30.6 Å². The maximum absolute atomic E-state index is 12.4. The highest BCUT2D eigenvalue weighted by molar-refractivity contribution is 5.65. The summed E-state index contributed by atoms with van der Waals surface area (Å²) in [6.07, 6.45) is -6.99. The van der Waals surface area contributed by atoms with Crippen LogP contribution in [0.15, 0.2) is 78.9 Å². The molecule has 0 bridgehead atoms. The standard InChI is InChI=1S/C30H32F3NO7/c31-30(32,33)41-25-11-7-22(8-12-25)20-40-27-18-34(29(36)37)17-26(35)28(27)23-9-13-24(14-10-23)39-16-4-15-38-19-21-5-2-1-3-6-21/h1-3,5-14,26-28,35H,4,15-20H2,(H,36,37). The topological polar surface area (TPSA) is 97.7 Å². The van der Waals surface area contributed by atoms with Crippen LogP contribution in [0.2, 0.25) is 0 Å². The number of carbonyl (C=O) groups is 1. The Morgan fingerprint density at radius 3 is 2.17 bits per heavy atom. The molecule has 3 aromatic carbocycles. The number of piperidine rings is 1. The second-order valence-corrected chi connectivity index (χ2v) is 9.63. The first-order valence-corrected chi connectivity index (χ1v) is 13.1. The molecule has 1 amide bonds. The Balaban J connectivity index is 1.32. The molecule has 2 N–H and O–H groups in total. The van der Waals surface area contributed by atoms with Crippen LogP contribution < -0.4 is 9.47 Å². The molecule has 4 rings (SSSR count). The molecular weight excluding hydrogens is 543 g/mol. The Labute approximate surface area is 235 Å². The maximum atomic E-state index is 12.4. The highest BCUT2D eigenvalue weighted by atomic mass is 19.4. The first-order chi connectivity index (χ1) is 19.7. The van der Waals surface area contributed by atoms with Crippen LogP contribution in [0.1, 0.15) is 29.0 Å². The number of alkyl halides is 3. The lowest BCUT2D eigenvalue weighted by atomic mass is 9.84. The van der Waals surface area contributed by atoms with Crippen molar-refractivity contribution in [1.82, 2.24) is 4.90 Å². The van der Waals surface area contributed by atoms with E-state index in [-0.39, 0.29) is 25.4 Å². The molecule has 1 saturated heterocycles. The Kier molecular flexibility index (Phi) is 10.4. The van der Waals surface area contributed by atoms with Crippen LogP contribution in [0.4, 0.5) is 18.0 Å². The van der Waals surface area contributed by atoms with Crippen LogP contribution >= 0.6 is 0 Å². The van der Waals surface area contributed by atoms with Crippen LogP contribution in [-0.2, 0) is 22.7 Å². The van der Waals surface area contributed by atoms with E-state index in [1.54, 1.807) is 12.1 Å². The highest BCUT2D eigenvalue weighted by Crippen LogP contribution is 2.33. The van der Waals surface area contributed by atoms with Gasteiger partial charge in [0, 0.05) is 12.3 Å². The van der Waals surface area contributed by atoms with Gasteiger partial charge in [-0.3, -0.25) is 0 Å². The van der Waals surface area contributed by atoms with Gasteiger partial charge in [0.2, 0.25) is 0 Å². The molecule has 0 radical (unpaired) electrons. The minimum Gasteiger partial charge on any atom is -0.494 e. The fraction of sp³-hybridized carbons (Fsp3) is 0.367. The maximum Gasteiger partial charge on any atom is 0.573 e. The Bertz CT molecular complexity index is 1220. The summed E-state index contributed by atoms with van der Waals surface area (Å²) in [5.41, 5.74) is 2.42. The van der Waals surface area contributed by atoms with Crippen LogP contribution in [0.3, 0.4) is 0 Å². The minimum atomic E-state index is -4.79. The number of amides is 1. The van der Waals surface area contributed by atoms with E-state index in [9.17, 15) is 28.2 Å². The van der Waals surface area contributed by atoms with Gasteiger partial charge in [0.15, 0.2) is 0 Å². The van der Waals surface area contributed by atoms with Crippen LogP contribution in [-0.4, -0.2) is 66.1 Å². The van der Waals surface area contributed by atoms with Gasteiger partial charge in [0.1, 0.15) is 11.5 Å². The highest BCUT2D eigenvalue weighted by Gasteiger charge is 2.39. The van der Waals surface area contributed by atoms with Crippen molar-refractivity contribution in [2.24, 2.45) is 0 Å². The van der Waals surface area contributed by atoms with Crippen molar-refractivity contribution in [3.8, 4) is 11.5 Å². The van der Waals surface area contributed by atoms with E-state index in [2.05, 4.69) is 4.74 Å². The molecule has 3 unspecified atom stereocenters. The lowest BCUT2D eigenvalue weighted by Gasteiger charge is -2.40. The van der Waals surface area contributed by atoms with Gasteiger partial charge >= 0.3 is 12.5 Å². The average molecular weight is 576 g/mol. The Morgan fingerprint density at radius 1 is 0.854 bits per heavy atom. The van der Waals surface area contributed by atoms with E-state index in [4.69, 9.17) is 14.2 Å². The quantitative estimate of drug-likeness (QED) is 0.272. The van der Waals surface area contributed by atoms with Crippen molar-refractivity contribution in [3.05, 3.63) is 95.6 Å². The number of nitrogens with zero attached hydrogens (tertiary/aromatic N) is 1. The molecule has 8 nitrogen and oxygen atoms in total. The second-order valence-electron chi connectivity index (χ2n) is 9.63. The number of aliphatic hydroxyl groups excluding tert-OH is 1. The number of benzene rings is 3. The molecule has 220 valence electrons. The van der Waals surface area contributed by atoms with Gasteiger partial charge in [-0.2, -0.15) is 0 Å². The monoisotopic (exact) mass is 575 g/mol. The van der Waals surface area contributed by atoms with Crippen molar-refractivity contribution in [2.75, 3.05) is 26.3 Å². The van der Waals surface area contributed by atoms with E-state index in [1.807, 2.05) is 42.5 Å². The number of ether oxygens (including phenoxy) is 4. The third kappa shape index (κ3) is 9.38. The number of β-amino-alcohol motifs (C(OH)–C–C–N with tert-alkyl or cyclic N) is 1. The Morgan fingerprint density at radius 2 is 1.51 bits per heavy atom. The van der Waals surface area contributed by atoms with Crippen LogP contribution in [0, 0.1) is 0 Å². The molecule has 1 aliphatic rings. The average Bonchev–Trinajstić information content (AvgIpc) is 2.94. The first kappa shape index (κ1) is 30.2. The molecule has 11 heteroatoms. The smallest absolute Gasteiger partial charge is 0.494 e. The molecule has 0 spiro atoms. The SMILES string of the molecule is O=C(O)N1CC(O)C(c2ccc(OCCCOCc3ccccc3)cc2)C(OCc2ccc(OC(F)(F)F)cc2)C1. The molecular formula is C30H32F3NO7. The molecule has 41 heavy (non-hydrogen) atoms. The predicted octanol–water partition coefficient (Wildman–Crippen LogP) is 5.59. The van der Waals surface area contributed by atoms with E-state index in [0.29, 0.717) is 37.6 Å². The first-order valence-electron chi connectivity index (χ1n) is 13.1. The van der Waals surface area contributed by atoms with E-state index >= 15 is 0 Å². The normalized spacial score (nSPS) is 19.1. The van der Waals surface area contributed by atoms with E-state index in [1.165, 1.54) is 24.3 Å². The molecule has 0 aromatic heterocycles. The summed E-state index contributed by atoms with van der Waals surface area (Å²) in [4.78, 5) is 12.7. The molecule has 0 aliphatic carbocycles. The van der Waals surface area contributed by atoms with Crippen LogP contribution in [0.25, 0.3) is 0 Å². The molecule has 3 aromatic rings. The van der Waals surface area contributed by atoms with Crippen LogP contribution in [0.5, 0.6) is 11.5 Å². The number of halogens is 3. The zero-order valence-electron chi connectivity index (χ0n) is 22.2. The lowest BCUT2D eigenvalue weighted by Crippen LogP contribution is -2.53. The second kappa shape index (κ2) is 14.2. The van der Waals surface area contributed by atoms with Gasteiger partial charge < -0.3 is 34.1 Å². The summed E-state index contributed by atoms with van der Waals surface area (Å²) < 4.78 is 58.7. The zero-order chi connectivity index (χ0) is 29.2. The third-order valence-electron chi connectivity index (χ3n) is 6.59. The number of rotatable bonds is 12. The third-order valence-corrected chi connectivity index (χ3v) is 6.59. The van der Waals surface area contributed by atoms with Gasteiger partial charge in [-0.05, 0) is 41.0 Å². The molecule has 1 fully saturated rings. The summed E-state index contributed by atoms with van der Waals surface area (Å²) in [7, 11) is 0. The summed E-state index contributed by atoms with van der Waals surface area (Å²) in [5, 5.41) is 20.4. The van der Waals surface area contributed by atoms with Gasteiger partial charge in [0.25, 0.3) is 0 Å². The summed E-state index contributed by atoms with van der Waals surface area (Å²) in [5.74, 6) is -0.238.